The number of nitrogens with zero attached hydrogens (tertiary/aromatic N) is 1. The Bertz CT molecular complexity index is 1020. The number of thioether (sulfide) groups is 1. The molecule has 8 nitrogen and oxygen atoms in total. The molecule has 0 unspecified atom stereocenters. The molecule has 1 heterocycles. The number of nitrogens with one attached hydrogen (secondary N) is 1. The monoisotopic (exact) mass is 525 g/mol. The minimum absolute atomic E-state index is 0.191. The average Bonchev–Trinajstić information content (AvgIpc) is 3.30. The summed E-state index contributed by atoms with van der Waals surface area (Å²) in [5.41, 5.74) is 6.99. The standard InChI is InChI=1S/C23H25Cl2N3O5S/c1-2-32-23(31)28-13-34-12-20(28)22(30)27-19(21(26)29)10-14-6-8-15(9-7-14)33-11-16-17(24)4-3-5-18(16)25/h3-9,19-20H,2,10-13H2,1H3,(H2,26,29)(H,27,30)/t19-,20+/m0/s1. The number of benzene rings is 2. The van der Waals surface area contributed by atoms with Crippen LogP contribution in [0.2, 0.25) is 10.0 Å². The summed E-state index contributed by atoms with van der Waals surface area (Å²) in [6.45, 7) is 2.11. The van der Waals surface area contributed by atoms with E-state index in [2.05, 4.69) is 5.32 Å². The van der Waals surface area contributed by atoms with E-state index in [0.717, 1.165) is 5.56 Å². The van der Waals surface area contributed by atoms with E-state index in [9.17, 15) is 14.4 Å². The molecule has 182 valence electrons. The Morgan fingerprint density at radius 3 is 2.47 bits per heavy atom. The minimum Gasteiger partial charge on any atom is -0.489 e. The van der Waals surface area contributed by atoms with Gasteiger partial charge in [-0.3, -0.25) is 14.5 Å². The lowest BCUT2D eigenvalue weighted by molar-refractivity contribution is -0.129. The van der Waals surface area contributed by atoms with Crippen LogP contribution in [0.15, 0.2) is 42.5 Å². The molecule has 0 aromatic heterocycles. The van der Waals surface area contributed by atoms with Gasteiger partial charge >= 0.3 is 6.09 Å². The van der Waals surface area contributed by atoms with Gasteiger partial charge in [-0.1, -0.05) is 41.4 Å². The number of hydrogen-bond donors (Lipinski definition) is 2. The highest BCUT2D eigenvalue weighted by Gasteiger charge is 2.37. The first kappa shape index (κ1) is 26.0. The van der Waals surface area contributed by atoms with Crippen LogP contribution in [0, 0.1) is 0 Å². The lowest BCUT2D eigenvalue weighted by Gasteiger charge is -2.24. The third-order valence-electron chi connectivity index (χ3n) is 5.16. The first-order valence-corrected chi connectivity index (χ1v) is 12.5. The van der Waals surface area contributed by atoms with Crippen molar-refractivity contribution in [3.05, 3.63) is 63.6 Å². The van der Waals surface area contributed by atoms with Gasteiger partial charge in [-0.25, -0.2) is 4.79 Å². The highest BCUT2D eigenvalue weighted by Crippen LogP contribution is 2.26. The second-order valence-corrected chi connectivity index (χ2v) is 9.30. The fraction of sp³-hybridized carbons (Fsp3) is 0.348. The largest absolute Gasteiger partial charge is 0.489 e. The van der Waals surface area contributed by atoms with Gasteiger partial charge in [0.05, 0.1) is 12.5 Å². The maximum Gasteiger partial charge on any atom is 0.411 e. The molecule has 3 amide bonds. The first-order chi connectivity index (χ1) is 16.3. The number of amides is 3. The van der Waals surface area contributed by atoms with Crippen LogP contribution in [0.4, 0.5) is 4.79 Å². The summed E-state index contributed by atoms with van der Waals surface area (Å²) in [6, 6.07) is 10.6. The molecule has 34 heavy (non-hydrogen) atoms. The van der Waals surface area contributed by atoms with Gasteiger partial charge in [0.25, 0.3) is 0 Å². The van der Waals surface area contributed by atoms with E-state index in [-0.39, 0.29) is 19.6 Å². The van der Waals surface area contributed by atoms with Gasteiger partial charge in [0, 0.05) is 27.8 Å². The minimum atomic E-state index is -0.934. The maximum atomic E-state index is 12.8. The Kier molecular flexibility index (Phi) is 9.32. The van der Waals surface area contributed by atoms with Gasteiger partial charge < -0.3 is 20.5 Å². The summed E-state index contributed by atoms with van der Waals surface area (Å²) < 4.78 is 10.8. The summed E-state index contributed by atoms with van der Waals surface area (Å²) in [5.74, 6) is 0.234. The van der Waals surface area contributed by atoms with Crippen molar-refractivity contribution < 1.29 is 23.9 Å². The van der Waals surface area contributed by atoms with Crippen LogP contribution in [0.3, 0.4) is 0 Å². The molecule has 3 rings (SSSR count). The summed E-state index contributed by atoms with van der Waals surface area (Å²) in [7, 11) is 0. The molecule has 0 saturated carbocycles. The van der Waals surface area contributed by atoms with Crippen molar-refractivity contribution in [3.8, 4) is 5.75 Å². The van der Waals surface area contributed by atoms with Crippen LogP contribution in [0.1, 0.15) is 18.1 Å². The molecule has 3 N–H and O–H groups in total. The number of nitrogens with two attached hydrogens (primary N) is 1. The molecule has 2 atom stereocenters. The van der Waals surface area contributed by atoms with Gasteiger partial charge in [0.15, 0.2) is 0 Å². The molecule has 0 spiro atoms. The van der Waals surface area contributed by atoms with E-state index in [0.29, 0.717) is 33.0 Å². The molecule has 0 aliphatic carbocycles. The van der Waals surface area contributed by atoms with Crippen molar-refractivity contribution in [1.82, 2.24) is 10.2 Å². The Balaban J connectivity index is 1.59. The molecule has 1 aliphatic heterocycles. The highest BCUT2D eigenvalue weighted by atomic mass is 35.5. The molecule has 2 aromatic rings. The smallest absolute Gasteiger partial charge is 0.411 e. The quantitative estimate of drug-likeness (QED) is 0.517. The molecule has 1 fully saturated rings. The summed E-state index contributed by atoms with van der Waals surface area (Å²) in [6.07, 6.45) is -0.367. The highest BCUT2D eigenvalue weighted by molar-refractivity contribution is 7.99. The lowest BCUT2D eigenvalue weighted by atomic mass is 10.0. The van der Waals surface area contributed by atoms with Crippen LogP contribution in [0.5, 0.6) is 5.75 Å². The summed E-state index contributed by atoms with van der Waals surface area (Å²) in [4.78, 5) is 38.2. The van der Waals surface area contributed by atoms with Crippen molar-refractivity contribution in [2.45, 2.75) is 32.0 Å². The predicted molar refractivity (Wildman–Crippen MR) is 132 cm³/mol. The Labute approximate surface area is 212 Å². The van der Waals surface area contributed by atoms with Crippen molar-refractivity contribution in [2.24, 2.45) is 5.73 Å². The van der Waals surface area contributed by atoms with Gasteiger partial charge in [-0.2, -0.15) is 0 Å². The molecular formula is C23H25Cl2N3O5S. The number of carbonyl (C=O) groups excluding carboxylic acids is 3. The van der Waals surface area contributed by atoms with E-state index in [4.69, 9.17) is 38.4 Å². The maximum absolute atomic E-state index is 12.8. The Morgan fingerprint density at radius 2 is 1.85 bits per heavy atom. The van der Waals surface area contributed by atoms with Crippen LogP contribution in [-0.4, -0.2) is 53.1 Å². The molecule has 1 saturated heterocycles. The van der Waals surface area contributed by atoms with Crippen molar-refractivity contribution in [2.75, 3.05) is 18.2 Å². The predicted octanol–water partition coefficient (Wildman–Crippen LogP) is 3.62. The first-order valence-electron chi connectivity index (χ1n) is 10.6. The van der Waals surface area contributed by atoms with E-state index in [1.54, 1.807) is 49.4 Å². The van der Waals surface area contributed by atoms with E-state index in [1.165, 1.54) is 16.7 Å². The molecule has 0 radical (unpaired) electrons. The van der Waals surface area contributed by atoms with Crippen LogP contribution in [0.25, 0.3) is 0 Å². The number of hydrogen-bond acceptors (Lipinski definition) is 6. The molecule has 2 aromatic carbocycles. The van der Waals surface area contributed by atoms with E-state index in [1.807, 2.05) is 0 Å². The van der Waals surface area contributed by atoms with Gasteiger partial charge in [-0.05, 0) is 36.8 Å². The van der Waals surface area contributed by atoms with Crippen molar-refractivity contribution in [3.63, 3.8) is 0 Å². The second-order valence-electron chi connectivity index (χ2n) is 7.48. The van der Waals surface area contributed by atoms with E-state index < -0.39 is 30.0 Å². The zero-order valence-electron chi connectivity index (χ0n) is 18.5. The zero-order chi connectivity index (χ0) is 24.7. The third-order valence-corrected chi connectivity index (χ3v) is 6.88. The molecule has 1 aliphatic rings. The second kappa shape index (κ2) is 12.2. The Hall–Kier alpha value is -2.62. The van der Waals surface area contributed by atoms with Crippen LogP contribution < -0.4 is 15.8 Å². The van der Waals surface area contributed by atoms with Gasteiger partial charge in [0.2, 0.25) is 11.8 Å². The molecular weight excluding hydrogens is 501 g/mol. The number of rotatable bonds is 9. The van der Waals surface area contributed by atoms with Gasteiger partial charge in [-0.15, -0.1) is 11.8 Å². The van der Waals surface area contributed by atoms with Crippen LogP contribution in [-0.2, 0) is 27.4 Å². The van der Waals surface area contributed by atoms with Crippen molar-refractivity contribution in [1.29, 1.82) is 0 Å². The lowest BCUT2D eigenvalue weighted by Crippen LogP contribution is -2.53. The number of carbonyl (C=O) groups is 3. The van der Waals surface area contributed by atoms with Crippen LogP contribution >= 0.6 is 35.0 Å². The SMILES string of the molecule is CCOC(=O)N1CSC[C@@H]1C(=O)N[C@@H](Cc1ccc(OCc2c(Cl)cccc2Cl)cc1)C(N)=O. The molecule has 11 heteroatoms. The number of halogens is 2. The summed E-state index contributed by atoms with van der Waals surface area (Å²) in [5, 5.41) is 3.71. The van der Waals surface area contributed by atoms with E-state index >= 15 is 0 Å². The zero-order valence-corrected chi connectivity index (χ0v) is 20.8. The fourth-order valence-corrected chi connectivity index (χ4v) is 4.97. The van der Waals surface area contributed by atoms with Gasteiger partial charge in [0.1, 0.15) is 24.4 Å². The summed E-state index contributed by atoms with van der Waals surface area (Å²) >= 11 is 13.8. The normalized spacial score (nSPS) is 16.1. The topological polar surface area (TPSA) is 111 Å². The van der Waals surface area contributed by atoms with Crippen molar-refractivity contribution >= 4 is 52.9 Å². The third kappa shape index (κ3) is 6.71. The number of primary amides is 1. The number of ether oxygens (including phenoxy) is 2. The Morgan fingerprint density at radius 1 is 1.18 bits per heavy atom. The fourth-order valence-electron chi connectivity index (χ4n) is 3.32. The molecule has 0 bridgehead atoms. The average molecular weight is 526 g/mol.